The van der Waals surface area contributed by atoms with Gasteiger partial charge in [-0.25, -0.2) is 13.1 Å². The van der Waals surface area contributed by atoms with Gasteiger partial charge < -0.3 is 0 Å². The minimum atomic E-state index is -3.15. The first-order valence-electron chi connectivity index (χ1n) is 5.74. The van der Waals surface area contributed by atoms with Gasteiger partial charge in [0, 0.05) is 12.4 Å². The third-order valence-electron chi connectivity index (χ3n) is 2.67. The normalized spacial score (nSPS) is 18.5. The highest BCUT2D eigenvalue weighted by atomic mass is 35.5. The smallest absolute Gasteiger partial charge is 0.211 e. The van der Waals surface area contributed by atoms with Crippen LogP contribution in [-0.4, -0.2) is 26.6 Å². The van der Waals surface area contributed by atoms with Gasteiger partial charge in [0.2, 0.25) is 10.0 Å². The maximum Gasteiger partial charge on any atom is 0.211 e. The molecule has 0 spiro atoms. The summed E-state index contributed by atoms with van der Waals surface area (Å²) in [7, 11) is -3.15. The number of halogens is 1. The largest absolute Gasteiger partial charge is 0.215 e. The van der Waals surface area contributed by atoms with Crippen molar-refractivity contribution in [2.75, 3.05) is 18.2 Å². The van der Waals surface area contributed by atoms with E-state index < -0.39 is 10.0 Å². The van der Waals surface area contributed by atoms with Crippen LogP contribution in [0.5, 0.6) is 0 Å². The molecule has 0 saturated heterocycles. The van der Waals surface area contributed by atoms with E-state index >= 15 is 0 Å². The molecule has 0 saturated carbocycles. The molecule has 1 atom stereocenters. The molecular formula is C11H20ClNO2S. The molecule has 94 valence electrons. The van der Waals surface area contributed by atoms with E-state index in [0.29, 0.717) is 12.4 Å². The van der Waals surface area contributed by atoms with Crippen molar-refractivity contribution in [3.8, 4) is 0 Å². The predicted octanol–water partition coefficient (Wildman–Crippen LogP) is 2.28. The predicted molar refractivity (Wildman–Crippen MR) is 68.2 cm³/mol. The Balaban J connectivity index is 2.25. The van der Waals surface area contributed by atoms with Crippen LogP contribution in [0, 0.1) is 5.92 Å². The van der Waals surface area contributed by atoms with Crippen LogP contribution in [0.2, 0.25) is 0 Å². The molecular weight excluding hydrogens is 246 g/mol. The fraction of sp³-hybridized carbons (Fsp3) is 0.818. The molecule has 3 nitrogen and oxygen atoms in total. The number of allylic oxidation sites excluding steroid dienone is 1. The van der Waals surface area contributed by atoms with Crippen LogP contribution in [0.15, 0.2) is 11.6 Å². The Hall–Kier alpha value is -0.0600. The molecule has 1 rings (SSSR count). The molecule has 1 aliphatic rings. The average molecular weight is 266 g/mol. The number of sulfonamides is 1. The summed E-state index contributed by atoms with van der Waals surface area (Å²) in [6.45, 7) is 2.36. The van der Waals surface area contributed by atoms with E-state index in [2.05, 4.69) is 10.8 Å². The molecule has 1 N–H and O–H groups in total. The zero-order chi connectivity index (χ0) is 12.0. The summed E-state index contributed by atoms with van der Waals surface area (Å²) in [6.07, 6.45) is 6.54. The van der Waals surface area contributed by atoms with Gasteiger partial charge in [0.05, 0.1) is 5.75 Å². The molecule has 0 fully saturated rings. The molecule has 1 aliphatic carbocycles. The van der Waals surface area contributed by atoms with Gasteiger partial charge >= 0.3 is 0 Å². The van der Waals surface area contributed by atoms with Crippen LogP contribution in [0.1, 0.15) is 32.6 Å². The molecule has 0 aromatic rings. The van der Waals surface area contributed by atoms with Crippen molar-refractivity contribution < 1.29 is 8.42 Å². The third kappa shape index (κ3) is 5.32. The molecule has 1 unspecified atom stereocenters. The van der Waals surface area contributed by atoms with Crippen LogP contribution >= 0.6 is 11.6 Å². The quantitative estimate of drug-likeness (QED) is 0.567. The highest BCUT2D eigenvalue weighted by molar-refractivity contribution is 7.89. The first-order valence-corrected chi connectivity index (χ1v) is 7.93. The average Bonchev–Trinajstić information content (AvgIpc) is 2.69. The number of alkyl halides is 1. The fourth-order valence-corrected chi connectivity index (χ4v) is 3.45. The minimum Gasteiger partial charge on any atom is -0.215 e. The van der Waals surface area contributed by atoms with Crippen molar-refractivity contribution in [3.63, 3.8) is 0 Å². The fourth-order valence-electron chi connectivity index (χ4n) is 1.81. The van der Waals surface area contributed by atoms with Crippen molar-refractivity contribution in [2.24, 2.45) is 5.92 Å². The van der Waals surface area contributed by atoms with Crippen molar-refractivity contribution in [1.82, 2.24) is 4.72 Å². The monoisotopic (exact) mass is 265 g/mol. The molecule has 5 heteroatoms. The van der Waals surface area contributed by atoms with Gasteiger partial charge in [0.15, 0.2) is 0 Å². The molecule has 0 aromatic heterocycles. The third-order valence-corrected chi connectivity index (χ3v) is 4.85. The SMILES string of the molecule is CC(CCl)CS(=O)(=O)NCCC1=CCCC1. The molecule has 0 heterocycles. The molecule has 0 aliphatic heterocycles. The number of hydrogen-bond donors (Lipinski definition) is 1. The van der Waals surface area contributed by atoms with E-state index in [1.807, 2.05) is 6.92 Å². The lowest BCUT2D eigenvalue weighted by molar-refractivity contribution is 0.568. The van der Waals surface area contributed by atoms with Crippen molar-refractivity contribution in [1.29, 1.82) is 0 Å². The van der Waals surface area contributed by atoms with Gasteiger partial charge in [0.1, 0.15) is 0 Å². The summed E-state index contributed by atoms with van der Waals surface area (Å²) >= 11 is 5.59. The second kappa shape index (κ2) is 6.62. The summed E-state index contributed by atoms with van der Waals surface area (Å²) in [5, 5.41) is 0. The Labute approximate surface area is 103 Å². The van der Waals surface area contributed by atoms with E-state index in [4.69, 9.17) is 11.6 Å². The lowest BCUT2D eigenvalue weighted by Crippen LogP contribution is -2.30. The van der Waals surface area contributed by atoms with Crippen molar-refractivity contribution in [3.05, 3.63) is 11.6 Å². The Kier molecular flexibility index (Phi) is 5.79. The van der Waals surface area contributed by atoms with E-state index in [9.17, 15) is 8.42 Å². The first-order chi connectivity index (χ1) is 7.53. The summed E-state index contributed by atoms with van der Waals surface area (Å²) in [4.78, 5) is 0. The van der Waals surface area contributed by atoms with Gasteiger partial charge in [-0.3, -0.25) is 0 Å². The van der Waals surface area contributed by atoms with E-state index in [1.165, 1.54) is 12.0 Å². The Morgan fingerprint density at radius 3 is 2.88 bits per heavy atom. The summed E-state index contributed by atoms with van der Waals surface area (Å²) in [6, 6.07) is 0. The minimum absolute atomic E-state index is 0.00450. The lowest BCUT2D eigenvalue weighted by atomic mass is 10.2. The molecule has 16 heavy (non-hydrogen) atoms. The van der Waals surface area contributed by atoms with Crippen molar-refractivity contribution in [2.45, 2.75) is 32.6 Å². The highest BCUT2D eigenvalue weighted by Gasteiger charge is 2.14. The van der Waals surface area contributed by atoms with E-state index in [0.717, 1.165) is 19.3 Å². The first kappa shape index (κ1) is 14.0. The Bertz CT molecular complexity index is 338. The maximum absolute atomic E-state index is 11.6. The van der Waals surface area contributed by atoms with Crippen LogP contribution < -0.4 is 4.72 Å². The Morgan fingerprint density at radius 2 is 2.31 bits per heavy atom. The zero-order valence-electron chi connectivity index (χ0n) is 9.71. The van der Waals surface area contributed by atoms with Crippen LogP contribution in [0.4, 0.5) is 0 Å². The Morgan fingerprint density at radius 1 is 1.56 bits per heavy atom. The number of hydrogen-bond acceptors (Lipinski definition) is 2. The molecule has 0 amide bonds. The van der Waals surface area contributed by atoms with Crippen LogP contribution in [0.25, 0.3) is 0 Å². The summed E-state index contributed by atoms with van der Waals surface area (Å²) in [5.41, 5.74) is 1.38. The molecule has 0 bridgehead atoms. The maximum atomic E-state index is 11.6. The molecule has 0 radical (unpaired) electrons. The number of rotatable bonds is 7. The number of nitrogens with one attached hydrogen (secondary N) is 1. The topological polar surface area (TPSA) is 46.2 Å². The van der Waals surface area contributed by atoms with Crippen LogP contribution in [-0.2, 0) is 10.0 Å². The standard InChI is InChI=1S/C11H20ClNO2S/c1-10(8-12)9-16(14,15)13-7-6-11-4-2-3-5-11/h4,10,13H,2-3,5-9H2,1H3. The van der Waals surface area contributed by atoms with Gasteiger partial charge in [-0.2, -0.15) is 0 Å². The van der Waals surface area contributed by atoms with Gasteiger partial charge in [-0.05, 0) is 31.6 Å². The van der Waals surface area contributed by atoms with Gasteiger partial charge in [-0.15, -0.1) is 11.6 Å². The van der Waals surface area contributed by atoms with Crippen LogP contribution in [0.3, 0.4) is 0 Å². The second-order valence-corrected chi connectivity index (χ2v) is 6.60. The van der Waals surface area contributed by atoms with Crippen molar-refractivity contribution >= 4 is 21.6 Å². The molecule has 0 aromatic carbocycles. The second-order valence-electron chi connectivity index (χ2n) is 4.44. The summed E-state index contributed by atoms with van der Waals surface area (Å²) in [5.74, 6) is 0.506. The highest BCUT2D eigenvalue weighted by Crippen LogP contribution is 2.19. The zero-order valence-corrected chi connectivity index (χ0v) is 11.3. The lowest BCUT2D eigenvalue weighted by Gasteiger charge is -2.10. The van der Waals surface area contributed by atoms with E-state index in [1.54, 1.807) is 0 Å². The van der Waals surface area contributed by atoms with Gasteiger partial charge in [0.25, 0.3) is 0 Å². The summed E-state index contributed by atoms with van der Waals surface area (Å²) < 4.78 is 25.8. The van der Waals surface area contributed by atoms with Gasteiger partial charge in [-0.1, -0.05) is 18.6 Å². The van der Waals surface area contributed by atoms with E-state index in [-0.39, 0.29) is 11.7 Å².